The van der Waals surface area contributed by atoms with Gasteiger partial charge in [0.25, 0.3) is 5.91 Å². The normalized spacial score (nSPS) is 15.4. The number of benzene rings is 2. The summed E-state index contributed by atoms with van der Waals surface area (Å²) >= 11 is 6.15. The van der Waals surface area contributed by atoms with Crippen molar-refractivity contribution in [2.75, 3.05) is 18.4 Å². The second-order valence-corrected chi connectivity index (χ2v) is 9.68. The van der Waals surface area contributed by atoms with Crippen LogP contribution in [-0.2, 0) is 19.6 Å². The largest absolute Gasteiger partial charge is 0.449 e. The molecule has 0 bridgehead atoms. The van der Waals surface area contributed by atoms with Crippen molar-refractivity contribution in [2.45, 2.75) is 37.2 Å². The van der Waals surface area contributed by atoms with E-state index < -0.39 is 28.0 Å². The zero-order valence-electron chi connectivity index (χ0n) is 17.4. The van der Waals surface area contributed by atoms with Crippen molar-refractivity contribution in [3.8, 4) is 6.07 Å². The van der Waals surface area contributed by atoms with Gasteiger partial charge >= 0.3 is 5.97 Å². The van der Waals surface area contributed by atoms with Crippen LogP contribution in [-0.4, -0.2) is 43.8 Å². The number of nitriles is 1. The molecule has 0 unspecified atom stereocenters. The number of hydrogen-bond donors (Lipinski definition) is 1. The van der Waals surface area contributed by atoms with E-state index in [2.05, 4.69) is 5.32 Å². The summed E-state index contributed by atoms with van der Waals surface area (Å²) in [5.74, 6) is -1.40. The molecule has 1 aliphatic rings. The number of piperidine rings is 1. The second-order valence-electron chi connectivity index (χ2n) is 7.33. The smallest absolute Gasteiger partial charge is 0.338 e. The SMILES string of the molecule is C[C@H](OC(=O)c1ccc(C#N)cc1)C(=O)Nc1cc(S(=O)(=O)N2CCCCC2)ccc1Cl. The van der Waals surface area contributed by atoms with Gasteiger partial charge in [0, 0.05) is 13.1 Å². The third-order valence-corrected chi connectivity index (χ3v) is 7.28. The first-order chi connectivity index (χ1) is 15.2. The van der Waals surface area contributed by atoms with Crippen LogP contribution in [0.2, 0.25) is 5.02 Å². The third kappa shape index (κ3) is 5.46. The number of esters is 1. The summed E-state index contributed by atoms with van der Waals surface area (Å²) in [5, 5.41) is 11.5. The molecule has 0 aromatic heterocycles. The lowest BCUT2D eigenvalue weighted by Gasteiger charge is -2.26. The van der Waals surface area contributed by atoms with Crippen LogP contribution in [0.1, 0.15) is 42.1 Å². The minimum Gasteiger partial charge on any atom is -0.449 e. The van der Waals surface area contributed by atoms with Gasteiger partial charge in [0.05, 0.1) is 32.8 Å². The lowest BCUT2D eigenvalue weighted by molar-refractivity contribution is -0.123. The Balaban J connectivity index is 1.70. The average molecular weight is 476 g/mol. The van der Waals surface area contributed by atoms with Crippen LogP contribution in [0.15, 0.2) is 47.4 Å². The number of hydrogen-bond acceptors (Lipinski definition) is 6. The van der Waals surface area contributed by atoms with E-state index in [0.717, 1.165) is 19.3 Å². The quantitative estimate of drug-likeness (QED) is 0.638. The van der Waals surface area contributed by atoms with E-state index in [1.165, 1.54) is 53.7 Å². The molecule has 168 valence electrons. The van der Waals surface area contributed by atoms with Crippen LogP contribution in [0.25, 0.3) is 0 Å². The van der Waals surface area contributed by atoms with Gasteiger partial charge in [0.15, 0.2) is 6.10 Å². The van der Waals surface area contributed by atoms with Gasteiger partial charge in [0.1, 0.15) is 0 Å². The molecular formula is C22H22ClN3O5S. The molecule has 32 heavy (non-hydrogen) atoms. The Bertz CT molecular complexity index is 1150. The number of carbonyl (C=O) groups excluding carboxylic acids is 2. The topological polar surface area (TPSA) is 117 Å². The Labute approximate surface area is 191 Å². The number of carbonyl (C=O) groups is 2. The highest BCUT2D eigenvalue weighted by molar-refractivity contribution is 7.89. The predicted octanol–water partition coefficient (Wildman–Crippen LogP) is 3.57. The molecule has 1 aliphatic heterocycles. The molecular weight excluding hydrogens is 454 g/mol. The van der Waals surface area contributed by atoms with Crippen molar-refractivity contribution < 1.29 is 22.7 Å². The zero-order valence-corrected chi connectivity index (χ0v) is 18.9. The van der Waals surface area contributed by atoms with Gasteiger partial charge in [-0.05, 0) is 62.2 Å². The molecule has 0 radical (unpaired) electrons. The van der Waals surface area contributed by atoms with Gasteiger partial charge in [-0.1, -0.05) is 18.0 Å². The van der Waals surface area contributed by atoms with Gasteiger partial charge in [-0.2, -0.15) is 9.57 Å². The molecule has 2 aromatic rings. The van der Waals surface area contributed by atoms with E-state index in [-0.39, 0.29) is 21.2 Å². The Morgan fingerprint density at radius 1 is 1.12 bits per heavy atom. The fourth-order valence-electron chi connectivity index (χ4n) is 3.21. The van der Waals surface area contributed by atoms with E-state index in [4.69, 9.17) is 21.6 Å². The Morgan fingerprint density at radius 2 is 1.78 bits per heavy atom. The standard InChI is InChI=1S/C22H22ClN3O5S/c1-15(31-22(28)17-7-5-16(14-24)6-8-17)21(27)25-20-13-18(9-10-19(20)23)32(29,30)26-11-3-2-4-12-26/h5-10,13,15H,2-4,11-12H2,1H3,(H,25,27)/t15-/m0/s1. The molecule has 8 nitrogen and oxygen atoms in total. The second kappa shape index (κ2) is 10.1. The van der Waals surface area contributed by atoms with E-state index >= 15 is 0 Å². The average Bonchev–Trinajstić information content (AvgIpc) is 2.80. The zero-order chi connectivity index (χ0) is 23.3. The first-order valence-electron chi connectivity index (χ1n) is 10.0. The first-order valence-corrected chi connectivity index (χ1v) is 11.9. The number of nitrogens with zero attached hydrogens (tertiary/aromatic N) is 2. The highest BCUT2D eigenvalue weighted by Gasteiger charge is 2.27. The van der Waals surface area contributed by atoms with Gasteiger partial charge < -0.3 is 10.1 Å². The maximum absolute atomic E-state index is 12.9. The van der Waals surface area contributed by atoms with Crippen molar-refractivity contribution in [1.29, 1.82) is 5.26 Å². The van der Waals surface area contributed by atoms with Crippen LogP contribution in [0.4, 0.5) is 5.69 Å². The Kier molecular flexibility index (Phi) is 7.51. The summed E-state index contributed by atoms with van der Waals surface area (Å²) in [5.41, 5.74) is 0.689. The highest BCUT2D eigenvalue weighted by atomic mass is 35.5. The molecule has 10 heteroatoms. The van der Waals surface area contributed by atoms with Crippen molar-refractivity contribution in [1.82, 2.24) is 4.31 Å². The molecule has 0 aliphatic carbocycles. The van der Waals surface area contributed by atoms with Crippen LogP contribution in [0, 0.1) is 11.3 Å². The van der Waals surface area contributed by atoms with Gasteiger partial charge in [-0.3, -0.25) is 4.79 Å². The van der Waals surface area contributed by atoms with E-state index in [9.17, 15) is 18.0 Å². The van der Waals surface area contributed by atoms with E-state index in [1.807, 2.05) is 6.07 Å². The van der Waals surface area contributed by atoms with E-state index in [0.29, 0.717) is 18.7 Å². The fourth-order valence-corrected chi connectivity index (χ4v) is 4.92. The van der Waals surface area contributed by atoms with Crippen molar-refractivity contribution in [3.63, 3.8) is 0 Å². The van der Waals surface area contributed by atoms with Crippen LogP contribution in [0.5, 0.6) is 0 Å². The number of amides is 1. The molecule has 0 saturated carbocycles. The van der Waals surface area contributed by atoms with Gasteiger partial charge in [-0.25, -0.2) is 13.2 Å². The van der Waals surface area contributed by atoms with Gasteiger partial charge in [0.2, 0.25) is 10.0 Å². The maximum Gasteiger partial charge on any atom is 0.338 e. The van der Waals surface area contributed by atoms with Gasteiger partial charge in [-0.15, -0.1) is 0 Å². The number of nitrogens with one attached hydrogen (secondary N) is 1. The molecule has 2 aromatic carbocycles. The number of sulfonamides is 1. The van der Waals surface area contributed by atoms with Crippen molar-refractivity contribution >= 4 is 39.2 Å². The lowest BCUT2D eigenvalue weighted by Crippen LogP contribution is -2.35. The molecule has 1 amide bonds. The number of anilines is 1. The highest BCUT2D eigenvalue weighted by Crippen LogP contribution is 2.28. The maximum atomic E-state index is 12.9. The van der Waals surface area contributed by atoms with Crippen molar-refractivity contribution in [2.24, 2.45) is 0 Å². The summed E-state index contributed by atoms with van der Waals surface area (Å²) < 4.78 is 32.4. The van der Waals surface area contributed by atoms with Crippen molar-refractivity contribution in [3.05, 3.63) is 58.6 Å². The number of ether oxygens (including phenoxy) is 1. The third-order valence-electron chi connectivity index (χ3n) is 5.05. The fraction of sp³-hybridized carbons (Fsp3) is 0.318. The molecule has 1 saturated heterocycles. The molecule has 1 N–H and O–H groups in total. The van der Waals surface area contributed by atoms with Crippen LogP contribution in [0.3, 0.4) is 0 Å². The Hall–Kier alpha value is -2.93. The Morgan fingerprint density at radius 3 is 2.41 bits per heavy atom. The number of rotatable bonds is 6. The summed E-state index contributed by atoms with van der Waals surface area (Å²) in [4.78, 5) is 24.8. The summed E-state index contributed by atoms with van der Waals surface area (Å²) in [6.07, 6.45) is 1.43. The predicted molar refractivity (Wildman–Crippen MR) is 119 cm³/mol. The molecule has 1 heterocycles. The summed E-state index contributed by atoms with van der Waals surface area (Å²) in [6.45, 7) is 2.29. The van der Waals surface area contributed by atoms with Crippen LogP contribution < -0.4 is 5.32 Å². The van der Waals surface area contributed by atoms with Crippen LogP contribution >= 0.6 is 11.6 Å². The summed E-state index contributed by atoms with van der Waals surface area (Å²) in [7, 11) is -3.70. The minimum atomic E-state index is -3.70. The first kappa shape index (κ1) is 23.7. The monoisotopic (exact) mass is 475 g/mol. The molecule has 1 fully saturated rings. The lowest BCUT2D eigenvalue weighted by atomic mass is 10.1. The molecule has 3 rings (SSSR count). The molecule has 1 atom stereocenters. The van der Waals surface area contributed by atoms with E-state index in [1.54, 1.807) is 0 Å². The summed E-state index contributed by atoms with van der Waals surface area (Å²) in [6, 6.07) is 11.8. The minimum absolute atomic E-state index is 0.0290. The molecule has 0 spiro atoms. The number of halogens is 1.